The Hall–Kier alpha value is -0.120. The van der Waals surface area contributed by atoms with E-state index in [0.717, 1.165) is 19.6 Å². The number of hydrogen-bond donors (Lipinski definition) is 2. The van der Waals surface area contributed by atoms with E-state index in [2.05, 4.69) is 37.9 Å². The van der Waals surface area contributed by atoms with Crippen LogP contribution in [0.4, 0.5) is 0 Å². The first kappa shape index (κ1) is 12.9. The van der Waals surface area contributed by atoms with Gasteiger partial charge in [-0.1, -0.05) is 13.8 Å². The lowest BCUT2D eigenvalue weighted by atomic mass is 9.90. The summed E-state index contributed by atoms with van der Waals surface area (Å²) < 4.78 is 0. The van der Waals surface area contributed by atoms with Gasteiger partial charge in [-0.25, -0.2) is 0 Å². The standard InChI is InChI=1S/C12H26N2O/c1-10(2)14(5-6-15)8-11-7-12(3,4)9-13-11/h10-11,13,15H,5-9H2,1-4H3. The van der Waals surface area contributed by atoms with E-state index in [1.54, 1.807) is 0 Å². The molecule has 3 nitrogen and oxygen atoms in total. The summed E-state index contributed by atoms with van der Waals surface area (Å²) in [7, 11) is 0. The zero-order valence-electron chi connectivity index (χ0n) is 10.6. The first-order valence-corrected chi connectivity index (χ1v) is 6.03. The van der Waals surface area contributed by atoms with Gasteiger partial charge in [0, 0.05) is 31.7 Å². The molecule has 15 heavy (non-hydrogen) atoms. The predicted octanol–water partition coefficient (Wildman–Crippen LogP) is 1.08. The second kappa shape index (κ2) is 5.28. The molecule has 0 aliphatic carbocycles. The van der Waals surface area contributed by atoms with Gasteiger partial charge in [0.05, 0.1) is 6.61 Å². The molecule has 0 amide bonds. The Balaban J connectivity index is 2.39. The molecule has 1 aliphatic heterocycles. The van der Waals surface area contributed by atoms with Crippen LogP contribution >= 0.6 is 0 Å². The van der Waals surface area contributed by atoms with Crippen LogP contribution < -0.4 is 5.32 Å². The van der Waals surface area contributed by atoms with Gasteiger partial charge in [0.1, 0.15) is 0 Å². The topological polar surface area (TPSA) is 35.5 Å². The molecule has 0 saturated carbocycles. The minimum Gasteiger partial charge on any atom is -0.395 e. The molecule has 1 unspecified atom stereocenters. The van der Waals surface area contributed by atoms with E-state index in [-0.39, 0.29) is 6.61 Å². The van der Waals surface area contributed by atoms with Crippen molar-refractivity contribution in [2.75, 3.05) is 26.2 Å². The summed E-state index contributed by atoms with van der Waals surface area (Å²) in [5.41, 5.74) is 0.437. The predicted molar refractivity (Wildman–Crippen MR) is 64.0 cm³/mol. The fourth-order valence-electron chi connectivity index (χ4n) is 2.33. The monoisotopic (exact) mass is 214 g/mol. The molecule has 2 N–H and O–H groups in total. The number of hydrogen-bond acceptors (Lipinski definition) is 3. The Morgan fingerprint density at radius 3 is 2.53 bits per heavy atom. The quantitative estimate of drug-likeness (QED) is 0.719. The summed E-state index contributed by atoms with van der Waals surface area (Å²) in [5.74, 6) is 0. The molecule has 0 radical (unpaired) electrons. The minimum atomic E-state index is 0.258. The van der Waals surface area contributed by atoms with Crippen molar-refractivity contribution in [2.24, 2.45) is 5.41 Å². The molecule has 1 rings (SSSR count). The molecule has 0 bridgehead atoms. The Kier molecular flexibility index (Phi) is 4.56. The van der Waals surface area contributed by atoms with E-state index < -0.39 is 0 Å². The van der Waals surface area contributed by atoms with Gasteiger partial charge >= 0.3 is 0 Å². The van der Waals surface area contributed by atoms with Crippen molar-refractivity contribution in [3.8, 4) is 0 Å². The number of aliphatic hydroxyl groups is 1. The fourth-order valence-corrected chi connectivity index (χ4v) is 2.33. The Labute approximate surface area is 93.9 Å². The molecule has 0 spiro atoms. The zero-order valence-corrected chi connectivity index (χ0v) is 10.6. The average Bonchev–Trinajstić information content (AvgIpc) is 2.44. The van der Waals surface area contributed by atoms with Crippen LogP contribution in [0, 0.1) is 5.41 Å². The van der Waals surface area contributed by atoms with E-state index >= 15 is 0 Å². The highest BCUT2D eigenvalue weighted by atomic mass is 16.3. The van der Waals surface area contributed by atoms with E-state index in [0.29, 0.717) is 17.5 Å². The molecule has 1 fully saturated rings. The molecule has 0 aromatic carbocycles. The Bertz CT molecular complexity index is 192. The third-order valence-electron chi connectivity index (χ3n) is 3.24. The van der Waals surface area contributed by atoms with Crippen molar-refractivity contribution < 1.29 is 5.11 Å². The molecule has 1 aliphatic rings. The molecule has 1 heterocycles. The van der Waals surface area contributed by atoms with Crippen molar-refractivity contribution in [1.29, 1.82) is 0 Å². The molecular formula is C12H26N2O. The highest BCUT2D eigenvalue weighted by Gasteiger charge is 2.31. The molecular weight excluding hydrogens is 188 g/mol. The van der Waals surface area contributed by atoms with E-state index in [9.17, 15) is 0 Å². The molecule has 0 aromatic heterocycles. The molecule has 0 aromatic rings. The van der Waals surface area contributed by atoms with Gasteiger partial charge in [0.2, 0.25) is 0 Å². The summed E-state index contributed by atoms with van der Waals surface area (Å²) in [6.07, 6.45) is 1.24. The smallest absolute Gasteiger partial charge is 0.0558 e. The number of aliphatic hydroxyl groups excluding tert-OH is 1. The third-order valence-corrected chi connectivity index (χ3v) is 3.24. The lowest BCUT2D eigenvalue weighted by molar-refractivity contribution is 0.153. The summed E-state index contributed by atoms with van der Waals surface area (Å²) in [6.45, 7) is 12.2. The first-order valence-electron chi connectivity index (χ1n) is 6.03. The van der Waals surface area contributed by atoms with Crippen LogP contribution in [0.25, 0.3) is 0 Å². The van der Waals surface area contributed by atoms with Crippen LogP contribution in [0.15, 0.2) is 0 Å². The van der Waals surface area contributed by atoms with Crippen molar-refractivity contribution in [3.05, 3.63) is 0 Å². The van der Waals surface area contributed by atoms with E-state index in [1.165, 1.54) is 6.42 Å². The van der Waals surface area contributed by atoms with Gasteiger partial charge in [0.15, 0.2) is 0 Å². The molecule has 1 atom stereocenters. The maximum Gasteiger partial charge on any atom is 0.0558 e. The van der Waals surface area contributed by atoms with Gasteiger partial charge < -0.3 is 10.4 Å². The van der Waals surface area contributed by atoms with Crippen LogP contribution in [-0.4, -0.2) is 48.3 Å². The van der Waals surface area contributed by atoms with E-state index in [1.807, 2.05) is 0 Å². The maximum absolute atomic E-state index is 9.00. The highest BCUT2D eigenvalue weighted by Crippen LogP contribution is 2.27. The molecule has 1 saturated heterocycles. The van der Waals surface area contributed by atoms with Gasteiger partial charge in [-0.2, -0.15) is 0 Å². The van der Waals surface area contributed by atoms with Crippen LogP contribution in [-0.2, 0) is 0 Å². The van der Waals surface area contributed by atoms with Crippen molar-refractivity contribution in [3.63, 3.8) is 0 Å². The van der Waals surface area contributed by atoms with Crippen molar-refractivity contribution in [1.82, 2.24) is 10.2 Å². The second-order valence-electron chi connectivity index (χ2n) is 5.76. The van der Waals surface area contributed by atoms with Gasteiger partial charge in [-0.15, -0.1) is 0 Å². The largest absolute Gasteiger partial charge is 0.395 e. The SMILES string of the molecule is CC(C)N(CCO)CC1CC(C)(C)CN1. The van der Waals surface area contributed by atoms with Crippen LogP contribution in [0.1, 0.15) is 34.1 Å². The summed E-state index contributed by atoms with van der Waals surface area (Å²) in [4.78, 5) is 2.35. The number of nitrogens with one attached hydrogen (secondary N) is 1. The lowest BCUT2D eigenvalue weighted by Gasteiger charge is -2.28. The van der Waals surface area contributed by atoms with Gasteiger partial charge in [-0.05, 0) is 25.7 Å². The normalized spacial score (nSPS) is 25.4. The summed E-state index contributed by atoms with van der Waals surface area (Å²) in [5, 5.41) is 12.6. The maximum atomic E-state index is 9.00. The zero-order chi connectivity index (χ0) is 11.5. The van der Waals surface area contributed by atoms with Crippen LogP contribution in [0.3, 0.4) is 0 Å². The van der Waals surface area contributed by atoms with Crippen molar-refractivity contribution in [2.45, 2.75) is 46.2 Å². The number of rotatable bonds is 5. The molecule has 3 heteroatoms. The number of nitrogens with zero attached hydrogens (tertiary/aromatic N) is 1. The fraction of sp³-hybridized carbons (Fsp3) is 1.00. The Morgan fingerprint density at radius 2 is 2.13 bits per heavy atom. The molecule has 90 valence electrons. The highest BCUT2D eigenvalue weighted by molar-refractivity contribution is 4.89. The van der Waals surface area contributed by atoms with Gasteiger partial charge in [-0.3, -0.25) is 4.90 Å². The van der Waals surface area contributed by atoms with Crippen LogP contribution in [0.5, 0.6) is 0 Å². The van der Waals surface area contributed by atoms with Gasteiger partial charge in [0.25, 0.3) is 0 Å². The summed E-state index contributed by atoms with van der Waals surface area (Å²) in [6, 6.07) is 1.11. The van der Waals surface area contributed by atoms with E-state index in [4.69, 9.17) is 5.11 Å². The average molecular weight is 214 g/mol. The third kappa shape index (κ3) is 4.09. The first-order chi connectivity index (χ1) is 6.94. The van der Waals surface area contributed by atoms with Crippen molar-refractivity contribution >= 4 is 0 Å². The van der Waals surface area contributed by atoms with Crippen LogP contribution in [0.2, 0.25) is 0 Å². The second-order valence-corrected chi connectivity index (χ2v) is 5.76. The summed E-state index contributed by atoms with van der Waals surface area (Å²) >= 11 is 0. The minimum absolute atomic E-state index is 0.258. The lowest BCUT2D eigenvalue weighted by Crippen LogP contribution is -2.42. The Morgan fingerprint density at radius 1 is 1.47 bits per heavy atom.